The van der Waals surface area contributed by atoms with Crippen molar-refractivity contribution < 1.29 is 13.2 Å². The summed E-state index contributed by atoms with van der Waals surface area (Å²) in [5, 5.41) is 10.9. The van der Waals surface area contributed by atoms with E-state index in [1.807, 2.05) is 32.0 Å². The Balaban J connectivity index is 2.11. The summed E-state index contributed by atoms with van der Waals surface area (Å²) in [5.41, 5.74) is 3.39. The van der Waals surface area contributed by atoms with E-state index in [1.54, 1.807) is 13.0 Å². The van der Waals surface area contributed by atoms with Gasteiger partial charge in [-0.2, -0.15) is 0 Å². The van der Waals surface area contributed by atoms with Crippen molar-refractivity contribution in [3.8, 4) is 0 Å². The molecule has 0 saturated carbocycles. The number of anilines is 2. The van der Waals surface area contributed by atoms with Gasteiger partial charge in [-0.25, -0.2) is 13.6 Å². The van der Waals surface area contributed by atoms with Crippen molar-refractivity contribution in [1.29, 1.82) is 0 Å². The van der Waals surface area contributed by atoms with Gasteiger partial charge in [-0.05, 0) is 56.2 Å². The van der Waals surface area contributed by atoms with Gasteiger partial charge in [-0.15, -0.1) is 0 Å². The third-order valence-corrected chi connectivity index (χ3v) is 4.50. The number of aryl methyl sites for hydroxylation is 2. The zero-order chi connectivity index (χ0) is 17.9. The molecule has 6 nitrogen and oxygen atoms in total. The largest absolute Gasteiger partial charge is 0.374 e. The van der Waals surface area contributed by atoms with Gasteiger partial charge in [0, 0.05) is 11.4 Å². The Morgan fingerprint density at radius 2 is 1.83 bits per heavy atom. The molecule has 24 heavy (non-hydrogen) atoms. The number of nitrogens with two attached hydrogens (primary N) is 1. The second-order valence-corrected chi connectivity index (χ2v) is 7.31. The second kappa shape index (κ2) is 7.02. The van der Waals surface area contributed by atoms with Gasteiger partial charge in [-0.3, -0.25) is 4.79 Å². The number of carbonyl (C=O) groups is 1. The van der Waals surface area contributed by atoms with Gasteiger partial charge in [-0.1, -0.05) is 18.2 Å². The second-order valence-electron chi connectivity index (χ2n) is 5.75. The van der Waals surface area contributed by atoms with Crippen LogP contribution in [0.15, 0.2) is 47.4 Å². The van der Waals surface area contributed by atoms with Gasteiger partial charge in [0.2, 0.25) is 15.9 Å². The number of primary sulfonamides is 1. The summed E-state index contributed by atoms with van der Waals surface area (Å²) >= 11 is 0. The number of sulfonamides is 1. The maximum atomic E-state index is 12.3. The fraction of sp³-hybridized carbons (Fsp3) is 0.235. The van der Waals surface area contributed by atoms with Gasteiger partial charge in [0.1, 0.15) is 6.04 Å². The normalized spacial score (nSPS) is 12.5. The first-order chi connectivity index (χ1) is 11.2. The summed E-state index contributed by atoms with van der Waals surface area (Å²) in [5.74, 6) is -0.275. The number of rotatable bonds is 5. The van der Waals surface area contributed by atoms with Crippen molar-refractivity contribution in [3.63, 3.8) is 0 Å². The maximum Gasteiger partial charge on any atom is 0.246 e. The lowest BCUT2D eigenvalue weighted by Gasteiger charge is -2.17. The number of carbonyl (C=O) groups excluding carboxylic acids is 1. The molecule has 128 valence electrons. The molecule has 0 unspecified atom stereocenters. The average Bonchev–Trinajstić information content (AvgIpc) is 2.50. The van der Waals surface area contributed by atoms with Gasteiger partial charge in [0.25, 0.3) is 0 Å². The third-order valence-electron chi connectivity index (χ3n) is 3.59. The molecule has 0 fully saturated rings. The minimum Gasteiger partial charge on any atom is -0.374 e. The molecule has 0 saturated heterocycles. The molecule has 0 radical (unpaired) electrons. The summed E-state index contributed by atoms with van der Waals surface area (Å²) in [6.45, 7) is 5.68. The predicted molar refractivity (Wildman–Crippen MR) is 95.4 cm³/mol. The number of hydrogen-bond acceptors (Lipinski definition) is 4. The first-order valence-electron chi connectivity index (χ1n) is 7.44. The lowest BCUT2D eigenvalue weighted by atomic mass is 10.1. The van der Waals surface area contributed by atoms with E-state index in [0.717, 1.165) is 16.8 Å². The highest BCUT2D eigenvalue weighted by atomic mass is 32.2. The van der Waals surface area contributed by atoms with E-state index in [2.05, 4.69) is 10.6 Å². The van der Waals surface area contributed by atoms with E-state index >= 15 is 0 Å². The Kier molecular flexibility index (Phi) is 5.26. The Labute approximate surface area is 142 Å². The van der Waals surface area contributed by atoms with Crippen LogP contribution in [0, 0.1) is 13.8 Å². The summed E-state index contributed by atoms with van der Waals surface area (Å²) in [6, 6.07) is 11.3. The molecule has 1 atom stereocenters. The lowest BCUT2D eigenvalue weighted by molar-refractivity contribution is -0.116. The minimum absolute atomic E-state index is 0.0459. The molecule has 4 N–H and O–H groups in total. The molecule has 0 aliphatic heterocycles. The first kappa shape index (κ1) is 18.0. The van der Waals surface area contributed by atoms with Crippen LogP contribution in [-0.4, -0.2) is 20.4 Å². The summed E-state index contributed by atoms with van der Waals surface area (Å²) in [7, 11) is -3.81. The molecule has 7 heteroatoms. The van der Waals surface area contributed by atoms with Crippen LogP contribution in [0.3, 0.4) is 0 Å². The Hall–Kier alpha value is -2.38. The Morgan fingerprint density at radius 1 is 1.12 bits per heavy atom. The highest BCUT2D eigenvalue weighted by Crippen LogP contribution is 2.18. The van der Waals surface area contributed by atoms with E-state index in [1.165, 1.54) is 18.2 Å². The van der Waals surface area contributed by atoms with E-state index in [9.17, 15) is 13.2 Å². The number of hydrogen-bond donors (Lipinski definition) is 3. The van der Waals surface area contributed by atoms with Crippen molar-refractivity contribution in [2.45, 2.75) is 31.7 Å². The van der Waals surface area contributed by atoms with Crippen LogP contribution in [0.2, 0.25) is 0 Å². The van der Waals surface area contributed by atoms with Crippen molar-refractivity contribution in [3.05, 3.63) is 53.6 Å². The molecule has 1 amide bonds. The van der Waals surface area contributed by atoms with Crippen molar-refractivity contribution in [2.24, 2.45) is 5.14 Å². The standard InChI is InChI=1S/C17H21N3O3S/c1-11-7-8-12(2)16(9-11)19-13(3)17(21)20-14-5-4-6-15(10-14)24(18,22)23/h4-10,13,19H,1-3H3,(H,20,21)(H2,18,22,23)/t13-/m1/s1. The van der Waals surface area contributed by atoms with Crippen LogP contribution >= 0.6 is 0 Å². The topological polar surface area (TPSA) is 101 Å². The first-order valence-corrected chi connectivity index (χ1v) is 8.99. The van der Waals surface area contributed by atoms with Crippen LogP contribution in [0.5, 0.6) is 0 Å². The van der Waals surface area contributed by atoms with Crippen LogP contribution in [0.25, 0.3) is 0 Å². The van der Waals surface area contributed by atoms with Crippen molar-refractivity contribution in [2.75, 3.05) is 10.6 Å². The SMILES string of the molecule is Cc1ccc(C)c(N[C@H](C)C(=O)Nc2cccc(S(N)(=O)=O)c2)c1. The van der Waals surface area contributed by atoms with Gasteiger partial charge >= 0.3 is 0 Å². The predicted octanol–water partition coefficient (Wildman–Crippen LogP) is 2.39. The van der Waals surface area contributed by atoms with Crippen molar-refractivity contribution >= 4 is 27.3 Å². The zero-order valence-electron chi connectivity index (χ0n) is 13.8. The van der Waals surface area contributed by atoms with Gasteiger partial charge in [0.05, 0.1) is 4.90 Å². The van der Waals surface area contributed by atoms with E-state index in [-0.39, 0.29) is 10.8 Å². The van der Waals surface area contributed by atoms with Gasteiger partial charge in [0.15, 0.2) is 0 Å². The van der Waals surface area contributed by atoms with E-state index in [0.29, 0.717) is 5.69 Å². The minimum atomic E-state index is -3.81. The summed E-state index contributed by atoms with van der Waals surface area (Å²) in [4.78, 5) is 12.3. The molecule has 2 rings (SSSR count). The van der Waals surface area contributed by atoms with Gasteiger partial charge < -0.3 is 10.6 Å². The molecule has 2 aromatic rings. The smallest absolute Gasteiger partial charge is 0.246 e. The highest BCUT2D eigenvalue weighted by Gasteiger charge is 2.15. The Morgan fingerprint density at radius 3 is 2.50 bits per heavy atom. The quantitative estimate of drug-likeness (QED) is 0.773. The molecule has 0 aliphatic rings. The highest BCUT2D eigenvalue weighted by molar-refractivity contribution is 7.89. The number of benzene rings is 2. The molecular weight excluding hydrogens is 326 g/mol. The molecule has 0 bridgehead atoms. The maximum absolute atomic E-state index is 12.3. The molecular formula is C17H21N3O3S. The lowest BCUT2D eigenvalue weighted by Crippen LogP contribution is -2.32. The fourth-order valence-electron chi connectivity index (χ4n) is 2.19. The summed E-state index contributed by atoms with van der Waals surface area (Å²) < 4.78 is 22.7. The average molecular weight is 347 g/mol. The molecule has 0 spiro atoms. The number of amides is 1. The van der Waals surface area contributed by atoms with Crippen LogP contribution in [-0.2, 0) is 14.8 Å². The van der Waals surface area contributed by atoms with Crippen molar-refractivity contribution in [1.82, 2.24) is 0 Å². The van der Waals surface area contributed by atoms with E-state index in [4.69, 9.17) is 5.14 Å². The Bertz CT molecular complexity index is 863. The molecule has 0 aliphatic carbocycles. The van der Waals surface area contributed by atoms with E-state index < -0.39 is 16.1 Å². The molecule has 2 aromatic carbocycles. The third kappa shape index (κ3) is 4.56. The number of nitrogens with one attached hydrogen (secondary N) is 2. The molecule has 0 heterocycles. The summed E-state index contributed by atoms with van der Waals surface area (Å²) in [6.07, 6.45) is 0. The fourth-order valence-corrected chi connectivity index (χ4v) is 2.75. The monoisotopic (exact) mass is 347 g/mol. The van der Waals surface area contributed by atoms with Crippen LogP contribution in [0.1, 0.15) is 18.1 Å². The zero-order valence-corrected chi connectivity index (χ0v) is 14.6. The van der Waals surface area contributed by atoms with Crippen LogP contribution in [0.4, 0.5) is 11.4 Å². The van der Waals surface area contributed by atoms with Crippen LogP contribution < -0.4 is 15.8 Å². The molecule has 0 aromatic heterocycles.